The van der Waals surface area contributed by atoms with E-state index in [1.807, 2.05) is 13.0 Å². The number of rotatable bonds is 12. The zero-order chi connectivity index (χ0) is 29.2. The summed E-state index contributed by atoms with van der Waals surface area (Å²) in [6, 6.07) is 20.2. The van der Waals surface area contributed by atoms with Crippen LogP contribution in [0.25, 0.3) is 0 Å². The van der Waals surface area contributed by atoms with Gasteiger partial charge in [0.2, 0.25) is 0 Å². The molecular weight excluding hydrogens is 544 g/mol. The van der Waals surface area contributed by atoms with Crippen LogP contribution in [0.15, 0.2) is 82.8 Å². The predicted octanol–water partition coefficient (Wildman–Crippen LogP) is 3.32. The van der Waals surface area contributed by atoms with Gasteiger partial charge in [-0.25, -0.2) is 13.8 Å². The van der Waals surface area contributed by atoms with Crippen molar-refractivity contribution in [1.82, 2.24) is 10.7 Å². The van der Waals surface area contributed by atoms with Gasteiger partial charge in [0.15, 0.2) is 6.61 Å². The standard InChI is InChI=1S/C30H34N4O6S/c1-22-10-15-28(23(2)17-22)34(41(37,38)27-8-4-3-5-9-27)20-29(35)33-32-18-24-11-13-25(14-12-24)40-21-30(36)31-19-26-7-6-16-39-26/h3-5,8-15,17-18,26H,6-7,16,19-21H2,1-2H3,(H,31,36)(H,33,35)/b32-18-/t26-/m0/s1. The third-order valence-electron chi connectivity index (χ3n) is 6.44. The number of nitrogens with zero attached hydrogens (tertiary/aromatic N) is 2. The fourth-order valence-electron chi connectivity index (χ4n) is 4.33. The van der Waals surface area contributed by atoms with Crippen LogP contribution in [0.2, 0.25) is 0 Å². The Morgan fingerprint density at radius 3 is 2.49 bits per heavy atom. The van der Waals surface area contributed by atoms with Crippen LogP contribution in [0, 0.1) is 13.8 Å². The van der Waals surface area contributed by atoms with E-state index >= 15 is 0 Å². The molecule has 0 aliphatic carbocycles. The minimum Gasteiger partial charge on any atom is -0.484 e. The van der Waals surface area contributed by atoms with Crippen molar-refractivity contribution in [3.8, 4) is 5.75 Å². The van der Waals surface area contributed by atoms with Crippen molar-refractivity contribution >= 4 is 33.7 Å². The Hall–Kier alpha value is -4.22. The minimum absolute atomic E-state index is 0.0704. The third kappa shape index (κ3) is 8.38. The molecule has 0 aromatic heterocycles. The smallest absolute Gasteiger partial charge is 0.264 e. The summed E-state index contributed by atoms with van der Waals surface area (Å²) in [5, 5.41) is 6.78. The first-order valence-electron chi connectivity index (χ1n) is 13.3. The molecule has 1 atom stereocenters. The summed E-state index contributed by atoms with van der Waals surface area (Å²) in [5.41, 5.74) is 5.19. The summed E-state index contributed by atoms with van der Waals surface area (Å²) < 4.78 is 39.1. The van der Waals surface area contributed by atoms with E-state index < -0.39 is 22.5 Å². The van der Waals surface area contributed by atoms with Crippen LogP contribution in [0.3, 0.4) is 0 Å². The monoisotopic (exact) mass is 578 g/mol. The average molecular weight is 579 g/mol. The number of carbonyl (C=O) groups is 2. The Balaban J connectivity index is 1.33. The lowest BCUT2D eigenvalue weighted by Crippen LogP contribution is -2.40. The molecule has 0 spiro atoms. The molecular formula is C30H34N4O6S. The Bertz CT molecular complexity index is 1470. The Morgan fingerprint density at radius 1 is 1.05 bits per heavy atom. The molecule has 1 fully saturated rings. The van der Waals surface area contributed by atoms with Gasteiger partial charge in [-0.15, -0.1) is 0 Å². The number of hydrazone groups is 1. The highest BCUT2D eigenvalue weighted by atomic mass is 32.2. The molecule has 216 valence electrons. The van der Waals surface area contributed by atoms with E-state index in [1.165, 1.54) is 18.3 Å². The molecule has 1 aliphatic heterocycles. The van der Waals surface area contributed by atoms with Gasteiger partial charge in [-0.1, -0.05) is 35.9 Å². The number of aryl methyl sites for hydroxylation is 2. The summed E-state index contributed by atoms with van der Waals surface area (Å²) in [6.45, 7) is 4.36. The van der Waals surface area contributed by atoms with Gasteiger partial charge >= 0.3 is 0 Å². The molecule has 3 aromatic rings. The highest BCUT2D eigenvalue weighted by molar-refractivity contribution is 7.92. The molecule has 10 nitrogen and oxygen atoms in total. The summed E-state index contributed by atoms with van der Waals surface area (Å²) in [7, 11) is -4.01. The van der Waals surface area contributed by atoms with Gasteiger partial charge in [-0.3, -0.25) is 13.9 Å². The van der Waals surface area contributed by atoms with Crippen molar-refractivity contribution in [2.45, 2.75) is 37.7 Å². The minimum atomic E-state index is -4.01. The quantitative estimate of drug-likeness (QED) is 0.251. The molecule has 0 saturated carbocycles. The molecule has 41 heavy (non-hydrogen) atoms. The molecule has 3 aromatic carbocycles. The molecule has 2 amide bonds. The first-order chi connectivity index (χ1) is 19.7. The van der Waals surface area contributed by atoms with Crippen LogP contribution in [0.1, 0.15) is 29.5 Å². The van der Waals surface area contributed by atoms with Gasteiger partial charge in [-0.2, -0.15) is 5.10 Å². The molecule has 4 rings (SSSR count). The number of sulfonamides is 1. The Labute approximate surface area is 240 Å². The lowest BCUT2D eigenvalue weighted by molar-refractivity contribution is -0.123. The number of anilines is 1. The van der Waals surface area contributed by atoms with Gasteiger partial charge < -0.3 is 14.8 Å². The molecule has 11 heteroatoms. The topological polar surface area (TPSA) is 126 Å². The lowest BCUT2D eigenvalue weighted by atomic mass is 10.1. The maximum atomic E-state index is 13.5. The summed E-state index contributed by atoms with van der Waals surface area (Å²) in [6.07, 6.45) is 3.46. The van der Waals surface area contributed by atoms with Crippen LogP contribution < -0.4 is 19.8 Å². The second-order valence-electron chi connectivity index (χ2n) is 9.70. The number of hydrogen-bond donors (Lipinski definition) is 2. The summed E-state index contributed by atoms with van der Waals surface area (Å²) >= 11 is 0. The SMILES string of the molecule is Cc1ccc(N(CC(=O)N/N=C\c2ccc(OCC(=O)NC[C@@H]3CCCO3)cc2)S(=O)(=O)c2ccccc2)c(C)c1. The lowest BCUT2D eigenvalue weighted by Gasteiger charge is -2.25. The number of ether oxygens (including phenoxy) is 2. The van der Waals surface area contributed by atoms with E-state index in [2.05, 4.69) is 15.8 Å². The van der Waals surface area contributed by atoms with Gasteiger partial charge in [0.25, 0.3) is 21.8 Å². The number of nitrogens with one attached hydrogen (secondary N) is 2. The first kappa shape index (κ1) is 29.8. The van der Waals surface area contributed by atoms with E-state index in [1.54, 1.807) is 61.5 Å². The van der Waals surface area contributed by atoms with Crippen LogP contribution in [0.4, 0.5) is 5.69 Å². The fraction of sp³-hybridized carbons (Fsp3) is 0.300. The van der Waals surface area contributed by atoms with Crippen LogP contribution in [0.5, 0.6) is 5.75 Å². The van der Waals surface area contributed by atoms with Crippen molar-refractivity contribution in [3.05, 3.63) is 89.5 Å². The van der Waals surface area contributed by atoms with Gasteiger partial charge in [0, 0.05) is 13.2 Å². The largest absolute Gasteiger partial charge is 0.484 e. The molecule has 2 N–H and O–H groups in total. The van der Waals surface area contributed by atoms with Crippen molar-refractivity contribution in [1.29, 1.82) is 0 Å². The highest BCUT2D eigenvalue weighted by Gasteiger charge is 2.28. The zero-order valence-corrected chi connectivity index (χ0v) is 23.9. The number of benzene rings is 3. The van der Waals surface area contributed by atoms with Crippen molar-refractivity contribution in [2.24, 2.45) is 5.10 Å². The van der Waals surface area contributed by atoms with Crippen LogP contribution >= 0.6 is 0 Å². The molecule has 0 radical (unpaired) electrons. The summed E-state index contributed by atoms with van der Waals surface area (Å²) in [4.78, 5) is 24.9. The number of hydrogen-bond acceptors (Lipinski definition) is 7. The maximum absolute atomic E-state index is 13.5. The van der Waals surface area contributed by atoms with Gasteiger partial charge in [-0.05, 0) is 80.3 Å². The Morgan fingerprint density at radius 2 is 1.80 bits per heavy atom. The average Bonchev–Trinajstić information content (AvgIpc) is 3.49. The second-order valence-corrected chi connectivity index (χ2v) is 11.6. The summed E-state index contributed by atoms with van der Waals surface area (Å²) in [5.74, 6) is -0.318. The zero-order valence-electron chi connectivity index (χ0n) is 23.1. The molecule has 1 saturated heterocycles. The normalized spacial score (nSPS) is 15.0. The van der Waals surface area contributed by atoms with Crippen LogP contribution in [-0.4, -0.2) is 58.9 Å². The van der Waals surface area contributed by atoms with Crippen molar-refractivity contribution < 1.29 is 27.5 Å². The highest BCUT2D eigenvalue weighted by Crippen LogP contribution is 2.27. The van der Waals surface area contributed by atoms with Crippen molar-refractivity contribution in [2.75, 3.05) is 30.6 Å². The number of amides is 2. The van der Waals surface area contributed by atoms with Gasteiger partial charge in [0.1, 0.15) is 12.3 Å². The fourth-order valence-corrected chi connectivity index (χ4v) is 5.84. The number of carbonyl (C=O) groups excluding carboxylic acids is 2. The van der Waals surface area contributed by atoms with Gasteiger partial charge in [0.05, 0.1) is 22.9 Å². The van der Waals surface area contributed by atoms with E-state index in [0.717, 1.165) is 34.9 Å². The maximum Gasteiger partial charge on any atom is 0.264 e. The Kier molecular flexibility index (Phi) is 10.1. The van der Waals surface area contributed by atoms with E-state index in [-0.39, 0.29) is 23.5 Å². The van der Waals surface area contributed by atoms with E-state index in [4.69, 9.17) is 9.47 Å². The van der Waals surface area contributed by atoms with Crippen molar-refractivity contribution in [3.63, 3.8) is 0 Å². The second kappa shape index (κ2) is 13.9. The molecule has 1 aliphatic rings. The first-order valence-corrected chi connectivity index (χ1v) is 14.7. The predicted molar refractivity (Wildman–Crippen MR) is 157 cm³/mol. The molecule has 1 heterocycles. The molecule has 0 unspecified atom stereocenters. The van der Waals surface area contributed by atoms with E-state index in [9.17, 15) is 18.0 Å². The molecule has 0 bridgehead atoms. The third-order valence-corrected chi connectivity index (χ3v) is 8.22. The van der Waals surface area contributed by atoms with Crippen LogP contribution in [-0.2, 0) is 24.3 Å². The van der Waals surface area contributed by atoms with E-state index in [0.29, 0.717) is 23.5 Å².